The van der Waals surface area contributed by atoms with Crippen LogP contribution in [0.25, 0.3) is 0 Å². The molecular weight excluding hydrogens is 246 g/mol. The number of Topliss-reactive ketones (excluding diaryl/α,β-unsaturated/α-hetero) is 1. The molecule has 2 rings (SSSR count). The number of likely N-dealkylation sites (tertiary alicyclic amines) is 1. The first kappa shape index (κ1) is 13.3. The van der Waals surface area contributed by atoms with E-state index in [1.54, 1.807) is 24.3 Å². The number of carbonyl (C=O) groups excluding carboxylic acids is 3. The highest BCUT2D eigenvalue weighted by molar-refractivity contribution is 6.01. The van der Waals surface area contributed by atoms with Crippen molar-refractivity contribution in [3.05, 3.63) is 29.8 Å². The van der Waals surface area contributed by atoms with Crippen LogP contribution in [0.15, 0.2) is 24.3 Å². The van der Waals surface area contributed by atoms with E-state index in [9.17, 15) is 14.4 Å². The smallest absolute Gasteiger partial charge is 0.229 e. The van der Waals surface area contributed by atoms with Gasteiger partial charge in [-0.3, -0.25) is 19.3 Å². The Hall–Kier alpha value is -2.17. The lowest BCUT2D eigenvalue weighted by Gasteiger charge is -2.15. The fourth-order valence-electron chi connectivity index (χ4n) is 2.00. The molecule has 0 saturated carbocycles. The van der Waals surface area contributed by atoms with Gasteiger partial charge < -0.3 is 4.74 Å². The number of hydrogen-bond acceptors (Lipinski definition) is 4. The van der Waals surface area contributed by atoms with Crippen molar-refractivity contribution in [3.63, 3.8) is 0 Å². The maximum Gasteiger partial charge on any atom is 0.229 e. The lowest BCUT2D eigenvalue weighted by atomic mass is 10.1. The summed E-state index contributed by atoms with van der Waals surface area (Å²) >= 11 is 0. The Kier molecular flexibility index (Phi) is 3.94. The predicted molar refractivity (Wildman–Crippen MR) is 67.9 cm³/mol. The molecule has 0 N–H and O–H groups in total. The summed E-state index contributed by atoms with van der Waals surface area (Å²) in [6.07, 6.45) is 0.561. The van der Waals surface area contributed by atoms with Crippen LogP contribution < -0.4 is 4.74 Å². The largest absolute Gasteiger partial charge is 0.491 e. The van der Waals surface area contributed by atoms with Crippen molar-refractivity contribution in [3.8, 4) is 5.75 Å². The van der Waals surface area contributed by atoms with E-state index in [-0.39, 0.29) is 43.6 Å². The Balaban J connectivity index is 1.94. The molecule has 0 aromatic heterocycles. The predicted octanol–water partition coefficient (Wildman–Crippen LogP) is 1.42. The summed E-state index contributed by atoms with van der Waals surface area (Å²) in [6.45, 7) is 1.89. The first-order valence-electron chi connectivity index (χ1n) is 6.15. The fraction of sp³-hybridized carbons (Fsp3) is 0.357. The van der Waals surface area contributed by atoms with Crippen LogP contribution in [0.4, 0.5) is 0 Å². The number of para-hydroxylation sites is 1. The lowest BCUT2D eigenvalue weighted by Crippen LogP contribution is -2.33. The van der Waals surface area contributed by atoms with E-state index in [0.29, 0.717) is 11.3 Å². The minimum Gasteiger partial charge on any atom is -0.491 e. The number of rotatable bonds is 5. The molecular formula is C14H15NO4. The molecule has 1 aliphatic heterocycles. The summed E-state index contributed by atoms with van der Waals surface area (Å²) in [5.41, 5.74) is 0.501. The molecule has 1 aromatic carbocycles. The number of hydrogen-bond donors (Lipinski definition) is 0. The maximum atomic E-state index is 11.4. The van der Waals surface area contributed by atoms with Gasteiger partial charge in [0, 0.05) is 12.8 Å². The normalized spacial score (nSPS) is 14.9. The minimum absolute atomic E-state index is 0.0797. The molecule has 5 nitrogen and oxygen atoms in total. The average molecular weight is 261 g/mol. The Labute approximate surface area is 111 Å². The van der Waals surface area contributed by atoms with E-state index < -0.39 is 0 Å². The monoisotopic (exact) mass is 261 g/mol. The highest BCUT2D eigenvalue weighted by Crippen LogP contribution is 2.18. The van der Waals surface area contributed by atoms with Gasteiger partial charge in [0.05, 0.1) is 12.1 Å². The number of benzene rings is 1. The van der Waals surface area contributed by atoms with Crippen molar-refractivity contribution in [1.82, 2.24) is 4.90 Å². The number of ketones is 1. The summed E-state index contributed by atoms with van der Waals surface area (Å²) in [4.78, 5) is 35.4. The Morgan fingerprint density at radius 3 is 2.47 bits per heavy atom. The van der Waals surface area contributed by atoms with Gasteiger partial charge in [0.15, 0.2) is 5.78 Å². The van der Waals surface area contributed by atoms with Crippen LogP contribution in [0.3, 0.4) is 0 Å². The molecule has 0 atom stereocenters. The van der Waals surface area contributed by atoms with Gasteiger partial charge in [-0.15, -0.1) is 0 Å². The zero-order chi connectivity index (χ0) is 13.8. The summed E-state index contributed by atoms with van der Waals surface area (Å²) in [7, 11) is 0. The molecule has 1 aliphatic rings. The van der Waals surface area contributed by atoms with Crippen molar-refractivity contribution in [2.75, 3.05) is 13.2 Å². The molecule has 1 saturated heterocycles. The van der Waals surface area contributed by atoms with Gasteiger partial charge in [-0.1, -0.05) is 12.1 Å². The summed E-state index contributed by atoms with van der Waals surface area (Å²) in [6, 6.07) is 6.92. The van der Waals surface area contributed by atoms with Crippen molar-refractivity contribution in [1.29, 1.82) is 0 Å². The molecule has 100 valence electrons. The number of nitrogens with zero attached hydrogens (tertiary/aromatic N) is 1. The van der Waals surface area contributed by atoms with Crippen molar-refractivity contribution >= 4 is 17.6 Å². The molecule has 0 spiro atoms. The van der Waals surface area contributed by atoms with Gasteiger partial charge in [-0.25, -0.2) is 0 Å². The molecule has 5 heteroatoms. The van der Waals surface area contributed by atoms with Gasteiger partial charge in [0.25, 0.3) is 0 Å². The molecule has 1 fully saturated rings. The first-order chi connectivity index (χ1) is 9.09. The van der Waals surface area contributed by atoms with Gasteiger partial charge >= 0.3 is 0 Å². The van der Waals surface area contributed by atoms with E-state index >= 15 is 0 Å². The molecule has 0 unspecified atom stereocenters. The number of carbonyl (C=O) groups is 3. The second-order valence-electron chi connectivity index (χ2n) is 4.34. The van der Waals surface area contributed by atoms with Gasteiger partial charge in [0.1, 0.15) is 12.4 Å². The second kappa shape index (κ2) is 5.65. The molecule has 0 aliphatic carbocycles. The summed E-state index contributed by atoms with van der Waals surface area (Å²) in [5, 5.41) is 0. The van der Waals surface area contributed by atoms with E-state index in [2.05, 4.69) is 0 Å². The molecule has 0 bridgehead atoms. The van der Waals surface area contributed by atoms with E-state index in [0.717, 1.165) is 0 Å². The average Bonchev–Trinajstić information content (AvgIpc) is 2.70. The molecule has 1 aromatic rings. The highest BCUT2D eigenvalue weighted by atomic mass is 16.5. The third-order valence-electron chi connectivity index (χ3n) is 2.99. The van der Waals surface area contributed by atoms with E-state index in [1.165, 1.54) is 11.8 Å². The molecule has 0 radical (unpaired) electrons. The molecule has 1 heterocycles. The lowest BCUT2D eigenvalue weighted by molar-refractivity contribution is -0.138. The van der Waals surface area contributed by atoms with Crippen molar-refractivity contribution in [2.24, 2.45) is 0 Å². The van der Waals surface area contributed by atoms with Crippen molar-refractivity contribution < 1.29 is 19.1 Å². The Morgan fingerprint density at radius 1 is 1.21 bits per heavy atom. The third-order valence-corrected chi connectivity index (χ3v) is 2.99. The molecule has 19 heavy (non-hydrogen) atoms. The van der Waals surface area contributed by atoms with Crippen LogP contribution in [0.5, 0.6) is 5.75 Å². The van der Waals surface area contributed by atoms with Crippen LogP contribution in [0, 0.1) is 0 Å². The Bertz CT molecular complexity index is 508. The van der Waals surface area contributed by atoms with Crippen molar-refractivity contribution in [2.45, 2.75) is 19.8 Å². The van der Waals surface area contributed by atoms with Crippen LogP contribution in [0.2, 0.25) is 0 Å². The van der Waals surface area contributed by atoms with Gasteiger partial charge in [-0.05, 0) is 19.1 Å². The summed E-state index contributed by atoms with van der Waals surface area (Å²) < 4.78 is 5.49. The van der Waals surface area contributed by atoms with Gasteiger partial charge in [-0.2, -0.15) is 0 Å². The zero-order valence-corrected chi connectivity index (χ0v) is 10.7. The van der Waals surface area contributed by atoms with E-state index in [1.807, 2.05) is 0 Å². The number of ether oxygens (including phenoxy) is 1. The highest BCUT2D eigenvalue weighted by Gasteiger charge is 2.28. The quantitative estimate of drug-likeness (QED) is 0.594. The standard InChI is InChI=1S/C14H15NO4/c1-10(16)11-4-2-3-5-12(11)19-9-8-15-13(17)6-7-14(15)18/h2-5H,6-9H2,1H3. The van der Waals surface area contributed by atoms with Crippen LogP contribution in [-0.4, -0.2) is 35.6 Å². The topological polar surface area (TPSA) is 63.7 Å². The summed E-state index contributed by atoms with van der Waals surface area (Å²) in [5.74, 6) is 0.0833. The maximum absolute atomic E-state index is 11.4. The first-order valence-corrected chi connectivity index (χ1v) is 6.15. The third kappa shape index (κ3) is 2.99. The zero-order valence-electron chi connectivity index (χ0n) is 10.7. The number of amides is 2. The fourth-order valence-corrected chi connectivity index (χ4v) is 2.00. The van der Waals surface area contributed by atoms with Crippen LogP contribution >= 0.6 is 0 Å². The van der Waals surface area contributed by atoms with Crippen LogP contribution in [0.1, 0.15) is 30.1 Å². The SMILES string of the molecule is CC(=O)c1ccccc1OCCN1C(=O)CCC1=O. The Morgan fingerprint density at radius 2 is 1.84 bits per heavy atom. The van der Waals surface area contributed by atoms with Crippen LogP contribution in [-0.2, 0) is 9.59 Å². The molecule has 2 amide bonds. The number of imide groups is 1. The minimum atomic E-state index is -0.159. The van der Waals surface area contributed by atoms with Gasteiger partial charge in [0.2, 0.25) is 11.8 Å². The second-order valence-corrected chi connectivity index (χ2v) is 4.34. The van der Waals surface area contributed by atoms with E-state index in [4.69, 9.17) is 4.74 Å².